The van der Waals surface area contributed by atoms with Crippen LogP contribution in [-0.4, -0.2) is 27.8 Å². The molecule has 0 saturated carbocycles. The minimum atomic E-state index is -0.556. The number of aliphatic hydroxyl groups excluding tert-OH is 1. The summed E-state index contributed by atoms with van der Waals surface area (Å²) in [5.41, 5.74) is 4.33. The van der Waals surface area contributed by atoms with Crippen LogP contribution < -0.4 is 22.3 Å². The summed E-state index contributed by atoms with van der Waals surface area (Å²) in [5, 5.41) is 11.9. The minimum absolute atomic E-state index is 0.0242. The molecule has 0 fully saturated rings. The molecule has 0 radical (unpaired) electrons. The van der Waals surface area contributed by atoms with Gasteiger partial charge in [0, 0.05) is 25.6 Å². The number of nitrogens with zero attached hydrogens (tertiary/aromatic N) is 1. The number of nitrogens with two attached hydrogens (primary N) is 1. The van der Waals surface area contributed by atoms with E-state index in [0.29, 0.717) is 6.54 Å². The molecule has 5 N–H and O–H groups in total. The van der Waals surface area contributed by atoms with Crippen molar-refractivity contribution >= 4 is 11.5 Å². The van der Waals surface area contributed by atoms with Gasteiger partial charge in [-0.25, -0.2) is 4.79 Å². The average molecular weight is 242 g/mol. The summed E-state index contributed by atoms with van der Waals surface area (Å²) in [6, 6.07) is 0. The van der Waals surface area contributed by atoms with Gasteiger partial charge in [-0.1, -0.05) is 13.8 Å². The highest BCUT2D eigenvalue weighted by molar-refractivity contribution is 5.60. The van der Waals surface area contributed by atoms with Gasteiger partial charge >= 0.3 is 5.69 Å². The number of rotatable bonds is 4. The van der Waals surface area contributed by atoms with Gasteiger partial charge in [0.15, 0.2) is 0 Å². The van der Waals surface area contributed by atoms with Gasteiger partial charge in [0.2, 0.25) is 0 Å². The third-order valence-electron chi connectivity index (χ3n) is 2.54. The van der Waals surface area contributed by atoms with Crippen molar-refractivity contribution in [3.8, 4) is 0 Å². The summed E-state index contributed by atoms with van der Waals surface area (Å²) in [7, 11) is 1.47. The molecule has 17 heavy (non-hydrogen) atoms. The molecule has 0 aliphatic heterocycles. The smallest absolute Gasteiger partial charge is 0.329 e. The molecule has 0 aliphatic carbocycles. The van der Waals surface area contributed by atoms with Crippen molar-refractivity contribution in [2.45, 2.75) is 13.8 Å². The van der Waals surface area contributed by atoms with E-state index < -0.39 is 11.2 Å². The van der Waals surface area contributed by atoms with E-state index in [1.807, 2.05) is 13.8 Å². The van der Waals surface area contributed by atoms with E-state index in [2.05, 4.69) is 10.3 Å². The molecule has 7 nitrogen and oxygen atoms in total. The van der Waals surface area contributed by atoms with Gasteiger partial charge in [0.05, 0.1) is 0 Å². The van der Waals surface area contributed by atoms with E-state index in [-0.39, 0.29) is 23.5 Å². The molecular formula is C10H18N4O3. The van der Waals surface area contributed by atoms with Gasteiger partial charge in [-0.2, -0.15) is 0 Å². The van der Waals surface area contributed by atoms with E-state index >= 15 is 0 Å². The van der Waals surface area contributed by atoms with Gasteiger partial charge in [0.25, 0.3) is 5.56 Å². The van der Waals surface area contributed by atoms with Crippen molar-refractivity contribution in [1.29, 1.82) is 0 Å². The summed E-state index contributed by atoms with van der Waals surface area (Å²) in [6.07, 6.45) is 0. The Bertz CT molecular complexity index is 515. The lowest BCUT2D eigenvalue weighted by molar-refractivity contribution is 0.171. The Hall–Kier alpha value is -1.76. The van der Waals surface area contributed by atoms with Crippen molar-refractivity contribution < 1.29 is 5.11 Å². The summed E-state index contributed by atoms with van der Waals surface area (Å²) < 4.78 is 1.15. The van der Waals surface area contributed by atoms with Crippen LogP contribution in [-0.2, 0) is 7.05 Å². The van der Waals surface area contributed by atoms with Crippen molar-refractivity contribution in [3.05, 3.63) is 20.8 Å². The van der Waals surface area contributed by atoms with Crippen LogP contribution in [0.4, 0.5) is 11.5 Å². The van der Waals surface area contributed by atoms with Crippen LogP contribution >= 0.6 is 0 Å². The highest BCUT2D eigenvalue weighted by atomic mass is 16.3. The Balaban J connectivity index is 3.05. The number of nitrogens with one attached hydrogen (secondary N) is 2. The predicted molar refractivity (Wildman–Crippen MR) is 66.1 cm³/mol. The molecule has 1 aromatic heterocycles. The molecule has 1 heterocycles. The van der Waals surface area contributed by atoms with Crippen LogP contribution in [0.5, 0.6) is 0 Å². The number of hydrogen-bond acceptors (Lipinski definition) is 5. The predicted octanol–water partition coefficient (Wildman–Crippen LogP) is -0.914. The number of aromatic amines is 1. The van der Waals surface area contributed by atoms with Crippen LogP contribution in [0.25, 0.3) is 0 Å². The van der Waals surface area contributed by atoms with Crippen molar-refractivity contribution in [2.75, 3.05) is 24.2 Å². The Morgan fingerprint density at radius 1 is 1.47 bits per heavy atom. The topological polar surface area (TPSA) is 113 Å². The van der Waals surface area contributed by atoms with Crippen molar-refractivity contribution in [3.63, 3.8) is 0 Å². The van der Waals surface area contributed by atoms with Crippen LogP contribution in [0, 0.1) is 5.41 Å². The molecular weight excluding hydrogens is 224 g/mol. The van der Waals surface area contributed by atoms with E-state index in [1.54, 1.807) is 0 Å². The first-order valence-electron chi connectivity index (χ1n) is 5.22. The van der Waals surface area contributed by atoms with Crippen LogP contribution in [0.3, 0.4) is 0 Å². The molecule has 0 bridgehead atoms. The third-order valence-corrected chi connectivity index (χ3v) is 2.54. The van der Waals surface area contributed by atoms with Crippen LogP contribution in [0.15, 0.2) is 9.59 Å². The fourth-order valence-corrected chi connectivity index (χ4v) is 1.19. The Morgan fingerprint density at radius 2 is 2.06 bits per heavy atom. The number of aromatic nitrogens is 2. The number of nitrogen functional groups attached to an aromatic ring is 1. The molecule has 0 aliphatic rings. The molecule has 0 unspecified atom stereocenters. The molecule has 0 spiro atoms. The standard InChI is InChI=1S/C10H18N4O3/c1-10(2,5-15)4-12-6-7(11)14(3)9(17)13-8(6)16/h12,15H,4-5,11H2,1-3H3,(H,13,16,17). The zero-order valence-corrected chi connectivity index (χ0v) is 10.2. The maximum Gasteiger partial charge on any atom is 0.329 e. The van der Waals surface area contributed by atoms with Crippen LogP contribution in [0.1, 0.15) is 13.8 Å². The fourth-order valence-electron chi connectivity index (χ4n) is 1.19. The maximum absolute atomic E-state index is 11.5. The second-order valence-corrected chi connectivity index (χ2v) is 4.75. The normalized spacial score (nSPS) is 11.5. The molecule has 1 aromatic rings. The quantitative estimate of drug-likeness (QED) is 0.545. The van der Waals surface area contributed by atoms with Gasteiger partial charge in [0.1, 0.15) is 11.5 Å². The SMILES string of the molecule is Cn1c(N)c(NCC(C)(C)CO)c(=O)[nH]c1=O. The summed E-state index contributed by atoms with van der Waals surface area (Å²) in [5.74, 6) is 0.0764. The molecule has 0 saturated heterocycles. The first kappa shape index (κ1) is 13.3. The fraction of sp³-hybridized carbons (Fsp3) is 0.600. The first-order chi connectivity index (χ1) is 7.78. The molecule has 96 valence electrons. The van der Waals surface area contributed by atoms with Crippen molar-refractivity contribution in [2.24, 2.45) is 12.5 Å². The summed E-state index contributed by atoms with van der Waals surface area (Å²) in [4.78, 5) is 24.9. The molecule has 1 rings (SSSR count). The zero-order chi connectivity index (χ0) is 13.2. The van der Waals surface area contributed by atoms with Crippen LogP contribution in [0.2, 0.25) is 0 Å². The lowest BCUT2D eigenvalue weighted by Gasteiger charge is -2.22. The van der Waals surface area contributed by atoms with E-state index in [0.717, 1.165) is 4.57 Å². The number of aliphatic hydroxyl groups is 1. The lowest BCUT2D eigenvalue weighted by Crippen LogP contribution is -2.35. The molecule has 0 amide bonds. The second kappa shape index (κ2) is 4.62. The average Bonchev–Trinajstić information content (AvgIpc) is 2.26. The third kappa shape index (κ3) is 2.88. The second-order valence-electron chi connectivity index (χ2n) is 4.75. The van der Waals surface area contributed by atoms with E-state index in [1.165, 1.54) is 7.05 Å². The molecule has 0 aromatic carbocycles. The minimum Gasteiger partial charge on any atom is -0.396 e. The molecule has 7 heteroatoms. The highest BCUT2D eigenvalue weighted by Gasteiger charge is 2.18. The monoisotopic (exact) mass is 242 g/mol. The first-order valence-corrected chi connectivity index (χ1v) is 5.22. The summed E-state index contributed by atoms with van der Waals surface area (Å²) >= 11 is 0. The summed E-state index contributed by atoms with van der Waals surface area (Å²) in [6.45, 7) is 4.03. The van der Waals surface area contributed by atoms with E-state index in [9.17, 15) is 9.59 Å². The van der Waals surface area contributed by atoms with E-state index in [4.69, 9.17) is 10.8 Å². The van der Waals surface area contributed by atoms with Crippen molar-refractivity contribution in [1.82, 2.24) is 9.55 Å². The van der Waals surface area contributed by atoms with Gasteiger partial charge in [-0.05, 0) is 0 Å². The Labute approximate surface area is 98.3 Å². The lowest BCUT2D eigenvalue weighted by atomic mass is 9.95. The number of H-pyrrole nitrogens is 1. The highest BCUT2D eigenvalue weighted by Crippen LogP contribution is 2.16. The van der Waals surface area contributed by atoms with Gasteiger partial charge < -0.3 is 16.2 Å². The van der Waals surface area contributed by atoms with Gasteiger partial charge in [-0.15, -0.1) is 0 Å². The molecule has 0 atom stereocenters. The Morgan fingerprint density at radius 3 is 2.59 bits per heavy atom. The Kier molecular flexibility index (Phi) is 3.62. The number of anilines is 2. The maximum atomic E-state index is 11.5. The largest absolute Gasteiger partial charge is 0.396 e. The number of hydrogen-bond donors (Lipinski definition) is 4. The van der Waals surface area contributed by atoms with Gasteiger partial charge in [-0.3, -0.25) is 14.3 Å². The zero-order valence-electron chi connectivity index (χ0n) is 10.2.